The van der Waals surface area contributed by atoms with Crippen LogP contribution in [0.4, 0.5) is 5.69 Å². The van der Waals surface area contributed by atoms with Crippen molar-refractivity contribution in [3.8, 4) is 28.7 Å². The van der Waals surface area contributed by atoms with Gasteiger partial charge in [-0.05, 0) is 54.6 Å². The molecule has 0 saturated carbocycles. The van der Waals surface area contributed by atoms with Crippen molar-refractivity contribution in [3.05, 3.63) is 78.5 Å². The maximum absolute atomic E-state index is 12.4. The number of pyridine rings is 1. The maximum atomic E-state index is 12.4. The number of hydrogen-bond acceptors (Lipinski definition) is 6. The van der Waals surface area contributed by atoms with E-state index in [2.05, 4.69) is 20.4 Å². The lowest BCUT2D eigenvalue weighted by Crippen LogP contribution is -2.11. The summed E-state index contributed by atoms with van der Waals surface area (Å²) in [6, 6.07) is 19.6. The highest BCUT2D eigenvalue weighted by Gasteiger charge is 2.12. The molecule has 0 atom stereocenters. The highest BCUT2D eigenvalue weighted by atomic mass is 16.5. The SMILES string of the molecule is COc1cccc(C(=O)Nc2ccc(-c3noc(-c4ccccn4)n3)cc2)c1. The lowest BCUT2D eigenvalue weighted by molar-refractivity contribution is 0.102. The molecular formula is C21H16N4O3. The summed E-state index contributed by atoms with van der Waals surface area (Å²) in [6.45, 7) is 0. The Morgan fingerprint density at radius 3 is 2.64 bits per heavy atom. The van der Waals surface area contributed by atoms with E-state index in [1.54, 1.807) is 55.8 Å². The number of benzene rings is 2. The number of hydrogen-bond donors (Lipinski definition) is 1. The van der Waals surface area contributed by atoms with E-state index in [0.29, 0.717) is 34.4 Å². The number of rotatable bonds is 5. The number of aromatic nitrogens is 3. The standard InChI is InChI=1S/C21H16N4O3/c1-27-17-6-4-5-15(13-17)20(26)23-16-10-8-14(9-11-16)19-24-21(28-25-19)18-7-2-3-12-22-18/h2-13H,1H3,(H,23,26). The first-order valence-corrected chi connectivity index (χ1v) is 8.54. The molecule has 7 heteroatoms. The summed E-state index contributed by atoms with van der Waals surface area (Å²) in [5.41, 5.74) is 2.56. The van der Waals surface area contributed by atoms with Crippen molar-refractivity contribution in [1.82, 2.24) is 15.1 Å². The molecule has 0 spiro atoms. The average Bonchev–Trinajstić information content (AvgIpc) is 3.25. The van der Waals surface area contributed by atoms with Gasteiger partial charge in [-0.15, -0.1) is 0 Å². The summed E-state index contributed by atoms with van der Waals surface area (Å²) in [5, 5.41) is 6.84. The van der Waals surface area contributed by atoms with E-state index in [-0.39, 0.29) is 5.91 Å². The normalized spacial score (nSPS) is 10.5. The Kier molecular flexibility index (Phi) is 4.79. The number of carbonyl (C=O) groups excluding carboxylic acids is 1. The minimum Gasteiger partial charge on any atom is -0.497 e. The van der Waals surface area contributed by atoms with Crippen LogP contribution in [0.25, 0.3) is 23.0 Å². The smallest absolute Gasteiger partial charge is 0.276 e. The molecule has 0 fully saturated rings. The predicted octanol–water partition coefficient (Wildman–Crippen LogP) is 4.06. The van der Waals surface area contributed by atoms with Gasteiger partial charge in [0.1, 0.15) is 11.4 Å². The predicted molar refractivity (Wildman–Crippen MR) is 104 cm³/mol. The summed E-state index contributed by atoms with van der Waals surface area (Å²) in [4.78, 5) is 20.9. The van der Waals surface area contributed by atoms with Crippen molar-refractivity contribution in [3.63, 3.8) is 0 Å². The first-order valence-electron chi connectivity index (χ1n) is 8.54. The van der Waals surface area contributed by atoms with Crippen molar-refractivity contribution in [2.24, 2.45) is 0 Å². The van der Waals surface area contributed by atoms with Crippen LogP contribution in [0.5, 0.6) is 5.75 Å². The van der Waals surface area contributed by atoms with E-state index in [1.165, 1.54) is 0 Å². The maximum Gasteiger partial charge on any atom is 0.276 e. The number of anilines is 1. The molecule has 1 N–H and O–H groups in total. The second-order valence-corrected chi connectivity index (χ2v) is 5.90. The van der Waals surface area contributed by atoms with Crippen molar-refractivity contribution in [2.75, 3.05) is 12.4 Å². The third-order valence-corrected chi connectivity index (χ3v) is 4.04. The molecule has 138 valence electrons. The van der Waals surface area contributed by atoms with Gasteiger partial charge in [0.25, 0.3) is 11.8 Å². The van der Waals surface area contributed by atoms with Crippen molar-refractivity contribution >= 4 is 11.6 Å². The molecule has 4 aromatic rings. The van der Waals surface area contributed by atoms with Gasteiger partial charge in [-0.3, -0.25) is 9.78 Å². The quantitative estimate of drug-likeness (QED) is 0.568. The molecule has 0 aliphatic rings. The van der Waals surface area contributed by atoms with Crippen molar-refractivity contribution in [2.45, 2.75) is 0 Å². The summed E-state index contributed by atoms with van der Waals surface area (Å²) >= 11 is 0. The zero-order valence-electron chi connectivity index (χ0n) is 15.0. The van der Waals surface area contributed by atoms with E-state index in [0.717, 1.165) is 5.56 Å². The van der Waals surface area contributed by atoms with Crippen LogP contribution < -0.4 is 10.1 Å². The first-order chi connectivity index (χ1) is 13.7. The van der Waals surface area contributed by atoms with Gasteiger partial charge in [-0.25, -0.2) is 0 Å². The van der Waals surface area contributed by atoms with Crippen molar-refractivity contribution < 1.29 is 14.1 Å². The third-order valence-electron chi connectivity index (χ3n) is 4.04. The van der Waals surface area contributed by atoms with Gasteiger partial charge < -0.3 is 14.6 Å². The molecule has 28 heavy (non-hydrogen) atoms. The molecule has 7 nitrogen and oxygen atoms in total. The highest BCUT2D eigenvalue weighted by molar-refractivity contribution is 6.04. The fourth-order valence-electron chi connectivity index (χ4n) is 2.60. The number of ether oxygens (including phenoxy) is 1. The molecule has 0 saturated heterocycles. The van der Waals surface area contributed by atoms with E-state index in [1.807, 2.05) is 24.3 Å². The summed E-state index contributed by atoms with van der Waals surface area (Å²) in [7, 11) is 1.56. The van der Waals surface area contributed by atoms with Gasteiger partial charge in [0.15, 0.2) is 0 Å². The fraction of sp³-hybridized carbons (Fsp3) is 0.0476. The highest BCUT2D eigenvalue weighted by Crippen LogP contribution is 2.22. The molecule has 0 bridgehead atoms. The third kappa shape index (κ3) is 3.73. The fourth-order valence-corrected chi connectivity index (χ4v) is 2.60. The van der Waals surface area contributed by atoms with Crippen LogP contribution in [-0.2, 0) is 0 Å². The summed E-state index contributed by atoms with van der Waals surface area (Å²) in [5.74, 6) is 1.21. The van der Waals surface area contributed by atoms with E-state index >= 15 is 0 Å². The molecular weight excluding hydrogens is 356 g/mol. The zero-order valence-corrected chi connectivity index (χ0v) is 15.0. The van der Waals surface area contributed by atoms with Gasteiger partial charge in [0.05, 0.1) is 7.11 Å². The first kappa shape index (κ1) is 17.4. The van der Waals surface area contributed by atoms with E-state index < -0.39 is 0 Å². The molecule has 1 amide bonds. The van der Waals surface area contributed by atoms with Gasteiger partial charge >= 0.3 is 0 Å². The molecule has 2 heterocycles. The Morgan fingerprint density at radius 2 is 1.89 bits per heavy atom. The van der Waals surface area contributed by atoms with Crippen LogP contribution in [0.15, 0.2) is 77.4 Å². The van der Waals surface area contributed by atoms with Crippen LogP contribution in [0.2, 0.25) is 0 Å². The van der Waals surface area contributed by atoms with E-state index in [4.69, 9.17) is 9.26 Å². The Hall–Kier alpha value is -4.00. The van der Waals surface area contributed by atoms with Crippen LogP contribution >= 0.6 is 0 Å². The van der Waals surface area contributed by atoms with Crippen LogP contribution in [0.1, 0.15) is 10.4 Å². The molecule has 0 radical (unpaired) electrons. The number of amides is 1. The molecule has 0 aliphatic heterocycles. The second kappa shape index (κ2) is 7.71. The Morgan fingerprint density at radius 1 is 1.04 bits per heavy atom. The summed E-state index contributed by atoms with van der Waals surface area (Å²) in [6.07, 6.45) is 1.67. The van der Waals surface area contributed by atoms with Crippen LogP contribution in [0, 0.1) is 0 Å². The summed E-state index contributed by atoms with van der Waals surface area (Å²) < 4.78 is 10.4. The molecule has 0 aliphatic carbocycles. The van der Waals surface area contributed by atoms with Crippen molar-refractivity contribution in [1.29, 1.82) is 0 Å². The monoisotopic (exact) mass is 372 g/mol. The second-order valence-electron chi connectivity index (χ2n) is 5.90. The lowest BCUT2D eigenvalue weighted by atomic mass is 10.1. The van der Waals surface area contributed by atoms with Crippen LogP contribution in [0.3, 0.4) is 0 Å². The number of nitrogens with zero attached hydrogens (tertiary/aromatic N) is 3. The Labute approximate surface area is 161 Å². The number of carbonyl (C=O) groups is 1. The molecule has 2 aromatic heterocycles. The van der Waals surface area contributed by atoms with Gasteiger partial charge in [0.2, 0.25) is 5.82 Å². The van der Waals surface area contributed by atoms with Gasteiger partial charge in [-0.2, -0.15) is 4.98 Å². The average molecular weight is 372 g/mol. The number of methoxy groups -OCH3 is 1. The number of nitrogens with one attached hydrogen (secondary N) is 1. The largest absolute Gasteiger partial charge is 0.497 e. The topological polar surface area (TPSA) is 90.1 Å². The van der Waals surface area contributed by atoms with E-state index in [9.17, 15) is 4.79 Å². The minimum absolute atomic E-state index is 0.219. The molecule has 4 rings (SSSR count). The zero-order chi connectivity index (χ0) is 19.3. The van der Waals surface area contributed by atoms with Gasteiger partial charge in [0, 0.05) is 23.0 Å². The Balaban J connectivity index is 1.48. The van der Waals surface area contributed by atoms with Gasteiger partial charge in [-0.1, -0.05) is 17.3 Å². The Bertz CT molecular complexity index is 1090. The van der Waals surface area contributed by atoms with Crippen LogP contribution in [-0.4, -0.2) is 28.1 Å². The molecule has 0 unspecified atom stereocenters. The lowest BCUT2D eigenvalue weighted by Gasteiger charge is -2.07. The molecule has 2 aromatic carbocycles. The minimum atomic E-state index is -0.219.